The molecule has 0 aliphatic rings. The molecule has 1 amide bonds. The highest BCUT2D eigenvalue weighted by Crippen LogP contribution is 2.37. The van der Waals surface area contributed by atoms with Gasteiger partial charge in [0, 0.05) is 12.1 Å². The van der Waals surface area contributed by atoms with Gasteiger partial charge in [0.05, 0.1) is 33.8 Å². The monoisotopic (exact) mass is 623 g/mol. The highest BCUT2D eigenvalue weighted by molar-refractivity contribution is 5.95. The van der Waals surface area contributed by atoms with E-state index >= 15 is 0 Å². The van der Waals surface area contributed by atoms with E-state index in [1.807, 2.05) is 19.1 Å². The predicted molar refractivity (Wildman–Crippen MR) is 158 cm³/mol. The number of hydrogen-bond acceptors (Lipinski definition) is 3. The zero-order valence-electron chi connectivity index (χ0n) is 24.2. The lowest BCUT2D eigenvalue weighted by molar-refractivity contribution is -0.143. The summed E-state index contributed by atoms with van der Waals surface area (Å²) in [5, 5.41) is 0.293. The van der Waals surface area contributed by atoms with Gasteiger partial charge < -0.3 is 4.90 Å². The fourth-order valence-electron chi connectivity index (χ4n) is 5.11. The molecule has 0 bridgehead atoms. The fraction of sp³-hybridized carbons (Fsp3) is 0.206. The Bertz CT molecular complexity index is 1870. The largest absolute Gasteiger partial charge is 0.416 e. The van der Waals surface area contributed by atoms with E-state index in [1.54, 1.807) is 66.7 Å². The average molecular weight is 624 g/mol. The fourth-order valence-corrected chi connectivity index (χ4v) is 5.11. The van der Waals surface area contributed by atoms with E-state index in [9.17, 15) is 35.9 Å². The van der Waals surface area contributed by atoms with Gasteiger partial charge >= 0.3 is 12.4 Å². The molecular weight excluding hydrogens is 596 g/mol. The number of aryl methyl sites for hydroxylation is 1. The first-order valence-corrected chi connectivity index (χ1v) is 14.0. The zero-order valence-corrected chi connectivity index (χ0v) is 24.2. The number of carbonyl (C=O) groups excluding carboxylic acids is 1. The van der Waals surface area contributed by atoms with Gasteiger partial charge in [-0.1, -0.05) is 61.5 Å². The lowest BCUT2D eigenvalue weighted by Crippen LogP contribution is -2.37. The smallest absolute Gasteiger partial charge is 0.324 e. The van der Waals surface area contributed by atoms with Gasteiger partial charge in [-0.05, 0) is 66.9 Å². The van der Waals surface area contributed by atoms with E-state index in [2.05, 4.69) is 0 Å². The first kappa shape index (κ1) is 31.5. The van der Waals surface area contributed by atoms with Crippen LogP contribution in [0.25, 0.3) is 16.6 Å². The minimum atomic E-state index is -5.14. The van der Waals surface area contributed by atoms with Crippen LogP contribution in [0.15, 0.2) is 102 Å². The summed E-state index contributed by atoms with van der Waals surface area (Å²) in [5.41, 5.74) is -2.16. The van der Waals surface area contributed by atoms with Crippen LogP contribution in [0.4, 0.5) is 26.3 Å². The van der Waals surface area contributed by atoms with Crippen LogP contribution in [-0.2, 0) is 25.3 Å². The van der Waals surface area contributed by atoms with Crippen LogP contribution in [0.2, 0.25) is 0 Å². The third kappa shape index (κ3) is 6.62. The average Bonchev–Trinajstić information content (AvgIpc) is 3.02. The third-order valence-electron chi connectivity index (χ3n) is 7.54. The highest BCUT2D eigenvalue weighted by Gasteiger charge is 2.38. The van der Waals surface area contributed by atoms with Gasteiger partial charge in [0.1, 0.15) is 5.82 Å². The Hall–Kier alpha value is -4.93. The molecule has 0 saturated carbocycles. The van der Waals surface area contributed by atoms with Gasteiger partial charge in [-0.25, -0.2) is 4.98 Å². The second-order valence-electron chi connectivity index (χ2n) is 10.5. The Kier molecular flexibility index (Phi) is 8.55. The van der Waals surface area contributed by atoms with Crippen molar-refractivity contribution in [3.05, 3.63) is 141 Å². The maximum absolute atomic E-state index is 14.1. The van der Waals surface area contributed by atoms with Crippen molar-refractivity contribution in [2.75, 3.05) is 0 Å². The third-order valence-corrected chi connectivity index (χ3v) is 7.54. The number of halogens is 6. The van der Waals surface area contributed by atoms with E-state index in [0.717, 1.165) is 16.9 Å². The van der Waals surface area contributed by atoms with Crippen LogP contribution in [0.3, 0.4) is 0 Å². The predicted octanol–water partition coefficient (Wildman–Crippen LogP) is 8.39. The summed E-state index contributed by atoms with van der Waals surface area (Å²) in [5.74, 6) is -1.02. The van der Waals surface area contributed by atoms with E-state index < -0.39 is 46.6 Å². The van der Waals surface area contributed by atoms with Crippen molar-refractivity contribution in [1.29, 1.82) is 0 Å². The Labute approximate surface area is 254 Å². The molecule has 0 aliphatic carbocycles. The Morgan fingerprint density at radius 3 is 1.96 bits per heavy atom. The maximum atomic E-state index is 14.1. The van der Waals surface area contributed by atoms with Crippen molar-refractivity contribution in [3.8, 4) is 5.69 Å². The van der Waals surface area contributed by atoms with Crippen molar-refractivity contribution in [1.82, 2.24) is 14.5 Å². The van der Waals surface area contributed by atoms with Crippen molar-refractivity contribution in [2.24, 2.45) is 0 Å². The molecule has 45 heavy (non-hydrogen) atoms. The number of aromatic nitrogens is 2. The van der Waals surface area contributed by atoms with Gasteiger partial charge in [0.25, 0.3) is 11.5 Å². The molecule has 5 aromatic rings. The van der Waals surface area contributed by atoms with Gasteiger partial charge in [0.15, 0.2) is 0 Å². The number of nitrogens with zero attached hydrogens (tertiary/aromatic N) is 3. The molecule has 0 radical (unpaired) electrons. The first-order valence-electron chi connectivity index (χ1n) is 14.0. The Morgan fingerprint density at radius 2 is 1.38 bits per heavy atom. The summed E-state index contributed by atoms with van der Waals surface area (Å²) in [7, 11) is 0. The quantitative estimate of drug-likeness (QED) is 0.171. The summed E-state index contributed by atoms with van der Waals surface area (Å²) >= 11 is 0. The van der Waals surface area contributed by atoms with Crippen LogP contribution < -0.4 is 5.56 Å². The molecule has 1 heterocycles. The van der Waals surface area contributed by atoms with Crippen LogP contribution in [0, 0.1) is 0 Å². The van der Waals surface area contributed by atoms with Crippen molar-refractivity contribution < 1.29 is 31.1 Å². The van der Waals surface area contributed by atoms with Crippen molar-refractivity contribution in [3.63, 3.8) is 0 Å². The molecule has 232 valence electrons. The maximum Gasteiger partial charge on any atom is 0.416 e. The SMILES string of the molecule is CCc1ccc(-n2c(C(C)N(Cc3ccccc3)C(=O)c3cc(C(F)(F)F)cc(C(F)(F)F)c3)nc3ccccc3c2=O)cc1. The van der Waals surface area contributed by atoms with Crippen molar-refractivity contribution in [2.45, 2.75) is 45.2 Å². The summed E-state index contributed by atoms with van der Waals surface area (Å²) in [6, 6.07) is 21.8. The summed E-state index contributed by atoms with van der Waals surface area (Å²) in [6.07, 6.45) is -9.54. The molecule has 0 saturated heterocycles. The van der Waals surface area contributed by atoms with Gasteiger partial charge in [-0.2, -0.15) is 26.3 Å². The van der Waals surface area contributed by atoms with Crippen molar-refractivity contribution >= 4 is 16.8 Å². The molecule has 0 spiro atoms. The number of para-hydroxylation sites is 1. The molecule has 1 atom stereocenters. The van der Waals surface area contributed by atoms with Crippen LogP contribution in [0.1, 0.15) is 58.3 Å². The number of carbonyl (C=O) groups is 1. The summed E-state index contributed by atoms with van der Waals surface area (Å²) < 4.78 is 83.6. The van der Waals surface area contributed by atoms with Crippen LogP contribution in [-0.4, -0.2) is 20.4 Å². The van der Waals surface area contributed by atoms with Gasteiger partial charge in [-0.15, -0.1) is 0 Å². The molecule has 0 N–H and O–H groups in total. The van der Waals surface area contributed by atoms with Gasteiger partial charge in [0.2, 0.25) is 0 Å². The number of hydrogen-bond donors (Lipinski definition) is 0. The van der Waals surface area contributed by atoms with Gasteiger partial charge in [-0.3, -0.25) is 14.2 Å². The minimum Gasteiger partial charge on any atom is -0.324 e. The molecule has 11 heteroatoms. The molecule has 5 rings (SSSR count). The highest BCUT2D eigenvalue weighted by atomic mass is 19.4. The lowest BCUT2D eigenvalue weighted by Gasteiger charge is -2.31. The van der Waals surface area contributed by atoms with Crippen LogP contribution >= 0.6 is 0 Å². The Balaban J connectivity index is 1.73. The summed E-state index contributed by atoms with van der Waals surface area (Å²) in [6.45, 7) is 3.31. The molecular formula is C34H27F6N3O2. The molecule has 1 aromatic heterocycles. The zero-order chi connectivity index (χ0) is 32.5. The summed E-state index contributed by atoms with van der Waals surface area (Å²) in [4.78, 5) is 33.8. The minimum absolute atomic E-state index is 0.0236. The molecule has 5 nitrogen and oxygen atoms in total. The number of benzene rings is 4. The topological polar surface area (TPSA) is 55.2 Å². The molecule has 4 aromatic carbocycles. The van der Waals surface area contributed by atoms with E-state index in [1.165, 1.54) is 11.5 Å². The standard InChI is InChI=1S/C34H27F6N3O2/c1-3-22-13-15-27(16-14-22)43-30(41-29-12-8-7-11-28(29)32(43)45)21(2)42(20-23-9-5-4-6-10-23)31(44)24-17-25(33(35,36)37)19-26(18-24)34(38,39)40/h4-19,21H,3,20H2,1-2H3. The molecule has 0 fully saturated rings. The van der Waals surface area contributed by atoms with Crippen LogP contribution in [0.5, 0.6) is 0 Å². The molecule has 1 unspecified atom stereocenters. The number of amides is 1. The Morgan fingerprint density at radius 1 is 0.800 bits per heavy atom. The normalized spacial score (nSPS) is 12.7. The van der Waals surface area contributed by atoms with E-state index in [0.29, 0.717) is 34.3 Å². The number of rotatable bonds is 7. The molecule has 0 aliphatic heterocycles. The first-order chi connectivity index (χ1) is 21.3. The second-order valence-corrected chi connectivity index (χ2v) is 10.5. The second kappa shape index (κ2) is 12.2. The van der Waals surface area contributed by atoms with E-state index in [-0.39, 0.29) is 18.4 Å². The van der Waals surface area contributed by atoms with E-state index in [4.69, 9.17) is 4.98 Å². The number of alkyl halides is 6. The lowest BCUT2D eigenvalue weighted by atomic mass is 10.0. The number of fused-ring (bicyclic) bond motifs is 1.